The molecule has 5 heteroatoms. The van der Waals surface area contributed by atoms with Crippen molar-refractivity contribution in [3.05, 3.63) is 11.7 Å². The van der Waals surface area contributed by atoms with Gasteiger partial charge in [-0.25, -0.2) is 0 Å². The molecule has 14 heavy (non-hydrogen) atoms. The molecular weight excluding hydrogens is 182 g/mol. The highest BCUT2D eigenvalue weighted by Crippen LogP contribution is 1.97. The van der Waals surface area contributed by atoms with Gasteiger partial charge in [0, 0.05) is 13.5 Å². The van der Waals surface area contributed by atoms with Crippen LogP contribution in [0.2, 0.25) is 0 Å². The summed E-state index contributed by atoms with van der Waals surface area (Å²) in [7, 11) is 1.66. The van der Waals surface area contributed by atoms with Gasteiger partial charge < -0.3 is 14.6 Å². The number of hydrogen-bond donors (Lipinski definition) is 1. The average Bonchev–Trinajstić information content (AvgIpc) is 2.63. The molecule has 0 radical (unpaired) electrons. The third-order valence-corrected chi connectivity index (χ3v) is 1.74. The predicted molar refractivity (Wildman–Crippen MR) is 51.9 cm³/mol. The van der Waals surface area contributed by atoms with Crippen molar-refractivity contribution in [2.45, 2.75) is 26.3 Å². The molecule has 1 N–H and O–H groups in total. The summed E-state index contributed by atoms with van der Waals surface area (Å²) in [5.41, 5.74) is 0. The van der Waals surface area contributed by atoms with E-state index in [1.807, 2.05) is 0 Å². The monoisotopic (exact) mass is 199 g/mol. The number of nitrogens with one attached hydrogen (secondary N) is 1. The van der Waals surface area contributed by atoms with Crippen molar-refractivity contribution in [2.24, 2.45) is 0 Å². The normalized spacial score (nSPS) is 10.7. The predicted octanol–water partition coefficient (Wildman–Crippen LogP) is 0.758. The van der Waals surface area contributed by atoms with Gasteiger partial charge in [0.1, 0.15) is 0 Å². The van der Waals surface area contributed by atoms with E-state index in [9.17, 15) is 0 Å². The topological polar surface area (TPSA) is 60.2 Å². The molecule has 0 bridgehead atoms. The molecule has 0 unspecified atom stereocenters. The van der Waals surface area contributed by atoms with Crippen LogP contribution in [0.25, 0.3) is 0 Å². The zero-order valence-electron chi connectivity index (χ0n) is 8.75. The van der Waals surface area contributed by atoms with Crippen LogP contribution in [0.15, 0.2) is 4.52 Å². The van der Waals surface area contributed by atoms with E-state index in [1.54, 1.807) is 7.11 Å². The van der Waals surface area contributed by atoms with E-state index >= 15 is 0 Å². The fourth-order valence-corrected chi connectivity index (χ4v) is 1.03. The molecule has 1 heterocycles. The minimum atomic E-state index is 0.626. The van der Waals surface area contributed by atoms with Crippen LogP contribution in [0.1, 0.15) is 25.1 Å². The summed E-state index contributed by atoms with van der Waals surface area (Å²) in [5.74, 6) is 1.35. The van der Waals surface area contributed by atoms with Crippen molar-refractivity contribution < 1.29 is 9.26 Å². The SMILES string of the molecule is CCCNCc1nc(CCOC)no1. The Labute approximate surface area is 83.8 Å². The highest BCUT2D eigenvalue weighted by molar-refractivity contribution is 4.85. The average molecular weight is 199 g/mol. The summed E-state index contributed by atoms with van der Waals surface area (Å²) in [6.45, 7) is 4.36. The first kappa shape index (κ1) is 11.1. The second-order valence-electron chi connectivity index (χ2n) is 3.02. The first-order valence-corrected chi connectivity index (χ1v) is 4.88. The molecule has 0 spiro atoms. The van der Waals surface area contributed by atoms with E-state index in [2.05, 4.69) is 22.4 Å². The van der Waals surface area contributed by atoms with Crippen molar-refractivity contribution >= 4 is 0 Å². The first-order chi connectivity index (χ1) is 6.86. The Balaban J connectivity index is 2.27. The third-order valence-electron chi connectivity index (χ3n) is 1.74. The van der Waals surface area contributed by atoms with Gasteiger partial charge in [-0.3, -0.25) is 0 Å². The fraction of sp³-hybridized carbons (Fsp3) is 0.778. The van der Waals surface area contributed by atoms with Crippen molar-refractivity contribution in [2.75, 3.05) is 20.3 Å². The molecule has 0 aromatic carbocycles. The summed E-state index contributed by atoms with van der Waals surface area (Å²) < 4.78 is 9.95. The Bertz CT molecular complexity index is 250. The molecule has 0 amide bonds. The summed E-state index contributed by atoms with van der Waals surface area (Å²) >= 11 is 0. The van der Waals surface area contributed by atoms with E-state index in [0.717, 1.165) is 13.0 Å². The number of nitrogens with zero attached hydrogens (tertiary/aromatic N) is 2. The van der Waals surface area contributed by atoms with Gasteiger partial charge in [-0.05, 0) is 13.0 Å². The maximum atomic E-state index is 5.03. The van der Waals surface area contributed by atoms with Crippen LogP contribution >= 0.6 is 0 Å². The Hall–Kier alpha value is -0.940. The molecule has 80 valence electrons. The quantitative estimate of drug-likeness (QED) is 0.657. The molecule has 1 aromatic heterocycles. The highest BCUT2D eigenvalue weighted by Gasteiger charge is 2.04. The smallest absolute Gasteiger partial charge is 0.240 e. The van der Waals surface area contributed by atoms with Gasteiger partial charge in [-0.1, -0.05) is 12.1 Å². The summed E-state index contributed by atoms with van der Waals surface area (Å²) in [6.07, 6.45) is 1.80. The zero-order chi connectivity index (χ0) is 10.2. The molecule has 0 saturated carbocycles. The van der Waals surface area contributed by atoms with Crippen molar-refractivity contribution in [3.63, 3.8) is 0 Å². The van der Waals surface area contributed by atoms with Crippen LogP contribution in [0, 0.1) is 0 Å². The lowest BCUT2D eigenvalue weighted by molar-refractivity contribution is 0.199. The summed E-state index contributed by atoms with van der Waals surface area (Å²) in [5, 5.41) is 7.02. The standard InChI is InChI=1S/C9H17N3O2/c1-3-5-10-7-9-11-8(12-14-9)4-6-13-2/h10H,3-7H2,1-2H3. The fourth-order valence-electron chi connectivity index (χ4n) is 1.03. The lowest BCUT2D eigenvalue weighted by atomic mass is 10.4. The Morgan fingerprint density at radius 1 is 1.50 bits per heavy atom. The Kier molecular flexibility index (Phi) is 5.17. The lowest BCUT2D eigenvalue weighted by Gasteiger charge is -1.95. The van der Waals surface area contributed by atoms with Crippen LogP contribution in [0.3, 0.4) is 0 Å². The minimum Gasteiger partial charge on any atom is -0.384 e. The third kappa shape index (κ3) is 3.85. The van der Waals surface area contributed by atoms with E-state index < -0.39 is 0 Å². The number of ether oxygens (including phenoxy) is 1. The van der Waals surface area contributed by atoms with Crippen LogP contribution in [0.4, 0.5) is 0 Å². The maximum absolute atomic E-state index is 5.03. The number of hydrogen-bond acceptors (Lipinski definition) is 5. The van der Waals surface area contributed by atoms with Gasteiger partial charge in [-0.15, -0.1) is 0 Å². The van der Waals surface area contributed by atoms with Gasteiger partial charge in [0.25, 0.3) is 0 Å². The van der Waals surface area contributed by atoms with E-state index in [-0.39, 0.29) is 0 Å². The van der Waals surface area contributed by atoms with Crippen molar-refractivity contribution in [3.8, 4) is 0 Å². The molecule has 5 nitrogen and oxygen atoms in total. The summed E-state index contributed by atoms with van der Waals surface area (Å²) in [6, 6.07) is 0. The molecule has 0 saturated heterocycles. The van der Waals surface area contributed by atoms with Gasteiger partial charge in [-0.2, -0.15) is 4.98 Å². The first-order valence-electron chi connectivity index (χ1n) is 4.88. The number of aromatic nitrogens is 2. The summed E-state index contributed by atoms with van der Waals surface area (Å²) in [4.78, 5) is 4.20. The second kappa shape index (κ2) is 6.50. The van der Waals surface area contributed by atoms with Gasteiger partial charge in [0.15, 0.2) is 5.82 Å². The molecule has 0 aliphatic rings. The Morgan fingerprint density at radius 2 is 2.36 bits per heavy atom. The lowest BCUT2D eigenvalue weighted by Crippen LogP contribution is -2.14. The molecule has 1 rings (SSSR count). The largest absolute Gasteiger partial charge is 0.384 e. The van der Waals surface area contributed by atoms with Crippen LogP contribution < -0.4 is 5.32 Å². The molecule has 0 fully saturated rings. The Morgan fingerprint density at radius 3 is 3.07 bits per heavy atom. The van der Waals surface area contributed by atoms with Crippen LogP contribution in [-0.4, -0.2) is 30.4 Å². The second-order valence-corrected chi connectivity index (χ2v) is 3.02. The molecule has 0 aliphatic heterocycles. The van der Waals surface area contributed by atoms with E-state index in [4.69, 9.17) is 9.26 Å². The number of rotatable bonds is 7. The van der Waals surface area contributed by atoms with Gasteiger partial charge >= 0.3 is 0 Å². The van der Waals surface area contributed by atoms with Gasteiger partial charge in [0.2, 0.25) is 5.89 Å². The molecule has 0 aliphatic carbocycles. The van der Waals surface area contributed by atoms with Crippen molar-refractivity contribution in [1.29, 1.82) is 0 Å². The van der Waals surface area contributed by atoms with Crippen LogP contribution in [-0.2, 0) is 17.7 Å². The maximum Gasteiger partial charge on any atom is 0.240 e. The molecule has 0 atom stereocenters. The minimum absolute atomic E-state index is 0.626. The molecule has 1 aromatic rings. The van der Waals surface area contributed by atoms with Crippen LogP contribution in [0.5, 0.6) is 0 Å². The molecular formula is C9H17N3O2. The zero-order valence-corrected chi connectivity index (χ0v) is 8.75. The van der Waals surface area contributed by atoms with E-state index in [0.29, 0.717) is 31.3 Å². The van der Waals surface area contributed by atoms with Crippen molar-refractivity contribution in [1.82, 2.24) is 15.5 Å². The van der Waals surface area contributed by atoms with E-state index in [1.165, 1.54) is 0 Å². The number of methoxy groups -OCH3 is 1. The highest BCUT2D eigenvalue weighted by atomic mass is 16.5. The van der Waals surface area contributed by atoms with Gasteiger partial charge in [0.05, 0.1) is 13.2 Å².